The van der Waals surface area contributed by atoms with Crippen LogP contribution in [0.25, 0.3) is 5.65 Å². The molecule has 5 nitrogen and oxygen atoms in total. The number of anilines is 1. The summed E-state index contributed by atoms with van der Waals surface area (Å²) in [5.41, 5.74) is 7.46. The second kappa shape index (κ2) is 3.37. The van der Waals surface area contributed by atoms with Crippen LogP contribution in [0.1, 0.15) is 5.69 Å². The van der Waals surface area contributed by atoms with Gasteiger partial charge in [-0.05, 0) is 18.2 Å². The molecule has 0 atom stereocenters. The van der Waals surface area contributed by atoms with Crippen LogP contribution >= 0.6 is 0 Å². The van der Waals surface area contributed by atoms with E-state index in [-0.39, 0.29) is 0 Å². The fourth-order valence-electron chi connectivity index (χ4n) is 1.69. The standard InChI is InChI=1S/C11H11N5/c12-10-4-6-16(14-10)8-9-7-15-5-2-1-3-11(15)13-9/h1-7H,8H2,(H2,12,14). The van der Waals surface area contributed by atoms with E-state index in [1.165, 1.54) is 0 Å². The summed E-state index contributed by atoms with van der Waals surface area (Å²) in [5.74, 6) is 0.531. The molecule has 16 heavy (non-hydrogen) atoms. The van der Waals surface area contributed by atoms with E-state index >= 15 is 0 Å². The number of hydrogen-bond donors (Lipinski definition) is 1. The van der Waals surface area contributed by atoms with Crippen LogP contribution in [-0.2, 0) is 6.54 Å². The van der Waals surface area contributed by atoms with Gasteiger partial charge < -0.3 is 10.1 Å². The monoisotopic (exact) mass is 213 g/mol. The molecule has 0 radical (unpaired) electrons. The van der Waals surface area contributed by atoms with Gasteiger partial charge in [0.2, 0.25) is 0 Å². The highest BCUT2D eigenvalue weighted by Crippen LogP contribution is 2.06. The predicted molar refractivity (Wildman–Crippen MR) is 60.9 cm³/mol. The molecule has 2 N–H and O–H groups in total. The van der Waals surface area contributed by atoms with Crippen LogP contribution in [-0.4, -0.2) is 19.2 Å². The first-order valence-corrected chi connectivity index (χ1v) is 5.03. The third-order valence-corrected chi connectivity index (χ3v) is 2.40. The number of rotatable bonds is 2. The van der Waals surface area contributed by atoms with Gasteiger partial charge in [0, 0.05) is 18.6 Å². The highest BCUT2D eigenvalue weighted by atomic mass is 15.3. The van der Waals surface area contributed by atoms with E-state index in [4.69, 9.17) is 5.73 Å². The van der Waals surface area contributed by atoms with Crippen LogP contribution in [0, 0.1) is 0 Å². The number of imidazole rings is 1. The van der Waals surface area contributed by atoms with Gasteiger partial charge >= 0.3 is 0 Å². The molecule has 0 aliphatic rings. The van der Waals surface area contributed by atoms with E-state index in [0.29, 0.717) is 12.4 Å². The van der Waals surface area contributed by atoms with E-state index in [2.05, 4.69) is 10.1 Å². The molecule has 3 aromatic heterocycles. The summed E-state index contributed by atoms with van der Waals surface area (Å²) >= 11 is 0. The zero-order chi connectivity index (χ0) is 11.0. The van der Waals surface area contributed by atoms with Gasteiger partial charge in [0.25, 0.3) is 0 Å². The lowest BCUT2D eigenvalue weighted by molar-refractivity contribution is 0.679. The van der Waals surface area contributed by atoms with Crippen molar-refractivity contribution >= 4 is 11.5 Å². The van der Waals surface area contributed by atoms with Crippen LogP contribution in [0.3, 0.4) is 0 Å². The Morgan fingerprint density at radius 1 is 1.19 bits per heavy atom. The Bertz CT molecular complexity index is 589. The van der Waals surface area contributed by atoms with E-state index in [1.807, 2.05) is 41.2 Å². The quantitative estimate of drug-likeness (QED) is 0.695. The Balaban J connectivity index is 1.95. The smallest absolute Gasteiger partial charge is 0.145 e. The fourth-order valence-corrected chi connectivity index (χ4v) is 1.69. The summed E-state index contributed by atoms with van der Waals surface area (Å²) in [7, 11) is 0. The predicted octanol–water partition coefficient (Wildman–Crippen LogP) is 1.16. The van der Waals surface area contributed by atoms with Crippen LogP contribution < -0.4 is 5.73 Å². The average molecular weight is 213 g/mol. The highest BCUT2D eigenvalue weighted by molar-refractivity contribution is 5.39. The number of fused-ring (bicyclic) bond motifs is 1. The molecular weight excluding hydrogens is 202 g/mol. The molecule has 5 heteroatoms. The highest BCUT2D eigenvalue weighted by Gasteiger charge is 2.02. The van der Waals surface area contributed by atoms with Gasteiger partial charge in [0.15, 0.2) is 0 Å². The van der Waals surface area contributed by atoms with Gasteiger partial charge in [0.1, 0.15) is 11.5 Å². The van der Waals surface area contributed by atoms with Crippen LogP contribution in [0.15, 0.2) is 42.9 Å². The molecule has 0 aromatic carbocycles. The SMILES string of the molecule is Nc1ccn(Cc2cn3ccccc3n2)n1. The van der Waals surface area contributed by atoms with Crippen LogP contribution in [0.4, 0.5) is 5.82 Å². The average Bonchev–Trinajstić information content (AvgIpc) is 2.84. The van der Waals surface area contributed by atoms with Gasteiger partial charge in [0.05, 0.1) is 12.2 Å². The maximum Gasteiger partial charge on any atom is 0.145 e. The van der Waals surface area contributed by atoms with Gasteiger partial charge in [-0.3, -0.25) is 4.68 Å². The number of aromatic nitrogens is 4. The minimum atomic E-state index is 0.531. The molecule has 0 spiro atoms. The summed E-state index contributed by atoms with van der Waals surface area (Å²) < 4.78 is 3.76. The normalized spacial score (nSPS) is 11.0. The Labute approximate surface area is 92.1 Å². The lowest BCUT2D eigenvalue weighted by atomic mass is 10.5. The molecule has 0 aliphatic carbocycles. The summed E-state index contributed by atoms with van der Waals surface area (Å²) in [5, 5.41) is 4.12. The van der Waals surface area contributed by atoms with E-state index in [9.17, 15) is 0 Å². The topological polar surface area (TPSA) is 61.1 Å². The van der Waals surface area contributed by atoms with Crippen LogP contribution in [0.2, 0.25) is 0 Å². The first-order valence-electron chi connectivity index (χ1n) is 5.03. The number of hydrogen-bond acceptors (Lipinski definition) is 3. The molecule has 0 aliphatic heterocycles. The molecule has 80 valence electrons. The van der Waals surface area contributed by atoms with Crippen molar-refractivity contribution in [3.05, 3.63) is 48.5 Å². The van der Waals surface area contributed by atoms with Crippen molar-refractivity contribution in [2.75, 3.05) is 5.73 Å². The van der Waals surface area contributed by atoms with Crippen molar-refractivity contribution in [2.45, 2.75) is 6.54 Å². The fraction of sp³-hybridized carbons (Fsp3) is 0.0909. The molecule has 0 saturated heterocycles. The second-order valence-corrected chi connectivity index (χ2v) is 3.64. The van der Waals surface area contributed by atoms with Gasteiger partial charge in [-0.1, -0.05) is 6.07 Å². The Kier molecular flexibility index (Phi) is 1.89. The molecular formula is C11H11N5. The zero-order valence-electron chi connectivity index (χ0n) is 8.61. The first kappa shape index (κ1) is 8.96. The molecule has 0 fully saturated rings. The van der Waals surface area contributed by atoms with Gasteiger partial charge in [-0.2, -0.15) is 5.10 Å². The third-order valence-electron chi connectivity index (χ3n) is 2.40. The summed E-state index contributed by atoms with van der Waals surface area (Å²) in [6.07, 6.45) is 5.82. The summed E-state index contributed by atoms with van der Waals surface area (Å²) in [4.78, 5) is 4.48. The Morgan fingerprint density at radius 2 is 2.12 bits per heavy atom. The first-order chi connectivity index (χ1) is 7.81. The lowest BCUT2D eigenvalue weighted by Gasteiger charge is -1.95. The van der Waals surface area contributed by atoms with Gasteiger partial charge in [-0.15, -0.1) is 0 Å². The number of nitrogen functional groups attached to an aromatic ring is 1. The Morgan fingerprint density at radius 3 is 2.88 bits per heavy atom. The van der Waals surface area contributed by atoms with Crippen molar-refractivity contribution in [1.82, 2.24) is 19.2 Å². The number of nitrogens with zero attached hydrogens (tertiary/aromatic N) is 4. The lowest BCUT2D eigenvalue weighted by Crippen LogP contribution is -2.01. The molecule has 3 rings (SSSR count). The molecule has 0 bridgehead atoms. The van der Waals surface area contributed by atoms with Crippen molar-refractivity contribution < 1.29 is 0 Å². The zero-order valence-corrected chi connectivity index (χ0v) is 8.61. The molecule has 0 saturated carbocycles. The van der Waals surface area contributed by atoms with Crippen molar-refractivity contribution in [3.8, 4) is 0 Å². The maximum atomic E-state index is 5.55. The number of nitrogens with two attached hydrogens (primary N) is 1. The maximum absolute atomic E-state index is 5.55. The van der Waals surface area contributed by atoms with Gasteiger partial charge in [-0.25, -0.2) is 4.98 Å². The van der Waals surface area contributed by atoms with E-state index < -0.39 is 0 Å². The Hall–Kier alpha value is -2.30. The summed E-state index contributed by atoms with van der Waals surface area (Å²) in [6, 6.07) is 7.69. The molecule has 0 unspecified atom stereocenters. The van der Waals surface area contributed by atoms with E-state index in [1.54, 1.807) is 10.7 Å². The third kappa shape index (κ3) is 1.52. The number of pyridine rings is 1. The minimum Gasteiger partial charge on any atom is -0.382 e. The minimum absolute atomic E-state index is 0.531. The van der Waals surface area contributed by atoms with Crippen molar-refractivity contribution in [3.63, 3.8) is 0 Å². The molecule has 0 amide bonds. The van der Waals surface area contributed by atoms with Crippen LogP contribution in [0.5, 0.6) is 0 Å². The summed E-state index contributed by atoms with van der Waals surface area (Å²) in [6.45, 7) is 0.638. The van der Waals surface area contributed by atoms with E-state index in [0.717, 1.165) is 11.3 Å². The largest absolute Gasteiger partial charge is 0.382 e. The van der Waals surface area contributed by atoms with Crippen molar-refractivity contribution in [1.29, 1.82) is 0 Å². The molecule has 3 aromatic rings. The second-order valence-electron chi connectivity index (χ2n) is 3.64. The molecule has 3 heterocycles. The van der Waals surface area contributed by atoms with Crippen molar-refractivity contribution in [2.24, 2.45) is 0 Å².